The number of benzene rings is 1. The predicted octanol–water partition coefficient (Wildman–Crippen LogP) is 3.27. The van der Waals surface area contributed by atoms with E-state index in [2.05, 4.69) is 10.4 Å². The van der Waals surface area contributed by atoms with Crippen molar-refractivity contribution in [2.45, 2.75) is 12.5 Å². The van der Waals surface area contributed by atoms with Gasteiger partial charge < -0.3 is 0 Å². The van der Waals surface area contributed by atoms with E-state index in [1.54, 1.807) is 18.2 Å². The third kappa shape index (κ3) is 3.42. The SMILES string of the molecule is NNC(Cc1cc(Cl)ccc1Cl)c1ncccc1F. The van der Waals surface area contributed by atoms with E-state index in [9.17, 15) is 4.39 Å². The Bertz CT molecular complexity index is 578. The summed E-state index contributed by atoms with van der Waals surface area (Å²) in [5.41, 5.74) is 3.58. The first-order valence-corrected chi connectivity index (χ1v) is 6.38. The maximum absolute atomic E-state index is 13.7. The molecular weight excluding hydrogens is 288 g/mol. The van der Waals surface area contributed by atoms with Crippen molar-refractivity contribution in [1.82, 2.24) is 10.4 Å². The number of halogens is 3. The quantitative estimate of drug-likeness (QED) is 0.673. The maximum atomic E-state index is 13.7. The van der Waals surface area contributed by atoms with Crippen LogP contribution in [0.2, 0.25) is 10.0 Å². The van der Waals surface area contributed by atoms with Gasteiger partial charge in [-0.3, -0.25) is 16.3 Å². The van der Waals surface area contributed by atoms with E-state index in [-0.39, 0.29) is 5.69 Å². The summed E-state index contributed by atoms with van der Waals surface area (Å²) >= 11 is 12.0. The van der Waals surface area contributed by atoms with Gasteiger partial charge in [0.15, 0.2) is 0 Å². The summed E-state index contributed by atoms with van der Waals surface area (Å²) in [6, 6.07) is 7.51. The molecular formula is C13H12Cl2FN3. The molecule has 1 aromatic carbocycles. The van der Waals surface area contributed by atoms with Crippen LogP contribution in [-0.4, -0.2) is 4.98 Å². The molecule has 6 heteroatoms. The molecule has 0 aliphatic rings. The summed E-state index contributed by atoms with van der Waals surface area (Å²) in [7, 11) is 0. The lowest BCUT2D eigenvalue weighted by Crippen LogP contribution is -2.31. The second-order valence-electron chi connectivity index (χ2n) is 4.03. The van der Waals surface area contributed by atoms with Crippen LogP contribution in [0.4, 0.5) is 4.39 Å². The number of hydrogen-bond donors (Lipinski definition) is 2. The zero-order valence-corrected chi connectivity index (χ0v) is 11.4. The van der Waals surface area contributed by atoms with Crippen molar-refractivity contribution >= 4 is 23.2 Å². The minimum Gasteiger partial charge on any atom is -0.271 e. The highest BCUT2D eigenvalue weighted by Gasteiger charge is 2.17. The molecule has 0 aliphatic carbocycles. The summed E-state index contributed by atoms with van der Waals surface area (Å²) < 4.78 is 13.7. The van der Waals surface area contributed by atoms with Gasteiger partial charge in [0.05, 0.1) is 11.7 Å². The van der Waals surface area contributed by atoms with Gasteiger partial charge in [0, 0.05) is 16.2 Å². The second-order valence-corrected chi connectivity index (χ2v) is 4.87. The van der Waals surface area contributed by atoms with Crippen molar-refractivity contribution in [3.8, 4) is 0 Å². The van der Waals surface area contributed by atoms with Crippen molar-refractivity contribution in [2.24, 2.45) is 5.84 Å². The number of nitrogens with one attached hydrogen (secondary N) is 1. The molecule has 3 nitrogen and oxygen atoms in total. The Morgan fingerprint density at radius 2 is 2.11 bits per heavy atom. The van der Waals surface area contributed by atoms with Gasteiger partial charge in [-0.05, 0) is 42.3 Å². The lowest BCUT2D eigenvalue weighted by Gasteiger charge is -2.16. The third-order valence-corrected chi connectivity index (χ3v) is 3.35. The van der Waals surface area contributed by atoms with Gasteiger partial charge in [-0.1, -0.05) is 23.2 Å². The van der Waals surface area contributed by atoms with Crippen LogP contribution >= 0.6 is 23.2 Å². The Labute approximate surface area is 120 Å². The fourth-order valence-electron chi connectivity index (χ4n) is 1.81. The van der Waals surface area contributed by atoms with Crippen molar-refractivity contribution < 1.29 is 4.39 Å². The minimum absolute atomic E-state index is 0.251. The van der Waals surface area contributed by atoms with Crippen molar-refractivity contribution in [2.75, 3.05) is 0 Å². The van der Waals surface area contributed by atoms with Crippen molar-refractivity contribution in [3.63, 3.8) is 0 Å². The minimum atomic E-state index is -0.475. The molecule has 0 fully saturated rings. The second kappa shape index (κ2) is 6.30. The van der Waals surface area contributed by atoms with Crippen LogP contribution in [0.25, 0.3) is 0 Å². The van der Waals surface area contributed by atoms with Crippen molar-refractivity contribution in [1.29, 1.82) is 0 Å². The van der Waals surface area contributed by atoms with Crippen LogP contribution in [-0.2, 0) is 6.42 Å². The first-order valence-electron chi connectivity index (χ1n) is 5.62. The summed E-state index contributed by atoms with van der Waals surface area (Å²) in [4.78, 5) is 4.00. The van der Waals surface area contributed by atoms with Crippen LogP contribution in [0.15, 0.2) is 36.5 Å². The highest BCUT2D eigenvalue weighted by molar-refractivity contribution is 6.33. The fourth-order valence-corrected chi connectivity index (χ4v) is 2.20. The van der Waals surface area contributed by atoms with E-state index in [0.29, 0.717) is 16.5 Å². The number of nitrogens with two attached hydrogens (primary N) is 1. The smallest absolute Gasteiger partial charge is 0.146 e. The summed E-state index contributed by atoms with van der Waals surface area (Å²) in [6.07, 6.45) is 1.91. The van der Waals surface area contributed by atoms with E-state index in [0.717, 1.165) is 5.56 Å². The molecule has 1 aromatic heterocycles. The number of rotatable bonds is 4. The molecule has 0 saturated heterocycles. The summed E-state index contributed by atoms with van der Waals surface area (Å²) in [5.74, 6) is 5.06. The zero-order valence-electron chi connectivity index (χ0n) is 9.91. The maximum Gasteiger partial charge on any atom is 0.146 e. The summed E-state index contributed by atoms with van der Waals surface area (Å²) in [5, 5.41) is 1.12. The number of aromatic nitrogens is 1. The van der Waals surface area contributed by atoms with E-state index in [4.69, 9.17) is 29.0 Å². The zero-order chi connectivity index (χ0) is 13.8. The molecule has 0 aliphatic heterocycles. The molecule has 0 spiro atoms. The third-order valence-electron chi connectivity index (χ3n) is 2.75. The standard InChI is InChI=1S/C13H12Cl2FN3/c14-9-3-4-10(15)8(6-9)7-12(19-17)13-11(16)2-1-5-18-13/h1-6,12,19H,7,17H2. The molecule has 1 unspecified atom stereocenters. The Hall–Kier alpha value is -1.20. The Balaban J connectivity index is 2.29. The molecule has 0 bridgehead atoms. The van der Waals surface area contributed by atoms with E-state index < -0.39 is 11.9 Å². The number of nitrogens with zero attached hydrogens (tertiary/aromatic N) is 1. The van der Waals surface area contributed by atoms with E-state index in [1.807, 2.05) is 0 Å². The molecule has 0 radical (unpaired) electrons. The highest BCUT2D eigenvalue weighted by Crippen LogP contribution is 2.26. The fraction of sp³-hybridized carbons (Fsp3) is 0.154. The topological polar surface area (TPSA) is 50.9 Å². The molecule has 19 heavy (non-hydrogen) atoms. The Morgan fingerprint density at radius 3 is 2.79 bits per heavy atom. The average Bonchev–Trinajstić information content (AvgIpc) is 2.41. The summed E-state index contributed by atoms with van der Waals surface area (Å²) in [6.45, 7) is 0. The van der Waals surface area contributed by atoms with Crippen LogP contribution in [0.5, 0.6) is 0 Å². The number of hydrogen-bond acceptors (Lipinski definition) is 3. The normalized spacial score (nSPS) is 12.4. The lowest BCUT2D eigenvalue weighted by atomic mass is 10.0. The predicted molar refractivity (Wildman–Crippen MR) is 74.4 cm³/mol. The molecule has 0 amide bonds. The van der Waals surface area contributed by atoms with Crippen LogP contribution in [0.1, 0.15) is 17.3 Å². The van der Waals surface area contributed by atoms with Gasteiger partial charge in [-0.25, -0.2) is 4.39 Å². The average molecular weight is 300 g/mol. The molecule has 0 saturated carbocycles. The molecule has 3 N–H and O–H groups in total. The molecule has 100 valence electrons. The van der Waals surface area contributed by atoms with Crippen molar-refractivity contribution in [3.05, 3.63) is 63.6 Å². The van der Waals surface area contributed by atoms with Crippen LogP contribution in [0, 0.1) is 5.82 Å². The van der Waals surface area contributed by atoms with Crippen LogP contribution < -0.4 is 11.3 Å². The van der Waals surface area contributed by atoms with E-state index >= 15 is 0 Å². The van der Waals surface area contributed by atoms with Gasteiger partial charge in [-0.15, -0.1) is 0 Å². The molecule has 2 rings (SSSR count). The largest absolute Gasteiger partial charge is 0.271 e. The molecule has 1 heterocycles. The number of pyridine rings is 1. The highest BCUT2D eigenvalue weighted by atomic mass is 35.5. The number of hydrazine groups is 1. The van der Waals surface area contributed by atoms with E-state index in [1.165, 1.54) is 18.3 Å². The first kappa shape index (κ1) is 14.2. The molecule has 2 aromatic rings. The monoisotopic (exact) mass is 299 g/mol. The van der Waals surface area contributed by atoms with Gasteiger partial charge in [-0.2, -0.15) is 0 Å². The Morgan fingerprint density at radius 1 is 1.32 bits per heavy atom. The molecule has 1 atom stereocenters. The Kier molecular flexibility index (Phi) is 4.71. The first-order chi connectivity index (χ1) is 9.11. The van der Waals surface area contributed by atoms with Gasteiger partial charge in [0.25, 0.3) is 0 Å². The van der Waals surface area contributed by atoms with Gasteiger partial charge >= 0.3 is 0 Å². The van der Waals surface area contributed by atoms with Gasteiger partial charge in [0.1, 0.15) is 5.82 Å². The van der Waals surface area contributed by atoms with Crippen LogP contribution in [0.3, 0.4) is 0 Å². The lowest BCUT2D eigenvalue weighted by molar-refractivity contribution is 0.495. The van der Waals surface area contributed by atoms with Gasteiger partial charge in [0.2, 0.25) is 0 Å².